The third kappa shape index (κ3) is 2.10. The topological polar surface area (TPSA) is 32.5 Å². The van der Waals surface area contributed by atoms with Gasteiger partial charge in [0.2, 0.25) is 0 Å². The number of nitrogens with zero attached hydrogens (tertiary/aromatic N) is 2. The fraction of sp³-hybridized carbons (Fsp3) is 1.00. The summed E-state index contributed by atoms with van der Waals surface area (Å²) in [6, 6.07) is 0.868. The fourth-order valence-electron chi connectivity index (χ4n) is 4.28. The normalized spacial score (nSPS) is 39.5. The van der Waals surface area contributed by atoms with Crippen molar-refractivity contribution in [3.8, 4) is 0 Å². The first kappa shape index (κ1) is 12.9. The lowest BCUT2D eigenvalue weighted by Gasteiger charge is -2.50. The zero-order valence-corrected chi connectivity index (χ0v) is 11.9. The second kappa shape index (κ2) is 5.10. The van der Waals surface area contributed by atoms with Crippen molar-refractivity contribution in [2.75, 3.05) is 32.7 Å². The molecule has 0 amide bonds. The zero-order chi connectivity index (χ0) is 12.6. The minimum atomic E-state index is 0.351. The molecule has 2 N–H and O–H groups in total. The summed E-state index contributed by atoms with van der Waals surface area (Å²) in [6.45, 7) is 8.38. The monoisotopic (exact) mass is 251 g/mol. The van der Waals surface area contributed by atoms with Crippen molar-refractivity contribution in [2.45, 2.75) is 57.0 Å². The Morgan fingerprint density at radius 1 is 1.28 bits per heavy atom. The molecule has 2 heterocycles. The van der Waals surface area contributed by atoms with Crippen molar-refractivity contribution in [1.29, 1.82) is 0 Å². The Hall–Kier alpha value is -0.120. The van der Waals surface area contributed by atoms with E-state index in [0.29, 0.717) is 5.54 Å². The van der Waals surface area contributed by atoms with Gasteiger partial charge >= 0.3 is 0 Å². The van der Waals surface area contributed by atoms with E-state index >= 15 is 0 Å². The van der Waals surface area contributed by atoms with Crippen LogP contribution in [0.25, 0.3) is 0 Å². The predicted octanol–water partition coefficient (Wildman–Crippen LogP) is 1.67. The van der Waals surface area contributed by atoms with E-state index in [1.54, 1.807) is 0 Å². The van der Waals surface area contributed by atoms with Crippen LogP contribution in [0.1, 0.15) is 45.4 Å². The first-order valence-electron chi connectivity index (χ1n) is 7.99. The maximum atomic E-state index is 6.30. The van der Waals surface area contributed by atoms with Crippen LogP contribution in [-0.4, -0.2) is 54.1 Å². The number of rotatable bonds is 6. The molecule has 3 aliphatic rings. The van der Waals surface area contributed by atoms with Crippen LogP contribution >= 0.6 is 0 Å². The van der Waals surface area contributed by atoms with Gasteiger partial charge in [0.15, 0.2) is 0 Å². The Balaban J connectivity index is 1.78. The second-order valence-corrected chi connectivity index (χ2v) is 6.62. The van der Waals surface area contributed by atoms with E-state index in [1.165, 1.54) is 64.7 Å². The lowest BCUT2D eigenvalue weighted by molar-refractivity contribution is 0.000415. The zero-order valence-electron chi connectivity index (χ0n) is 11.9. The van der Waals surface area contributed by atoms with Crippen molar-refractivity contribution in [3.05, 3.63) is 0 Å². The first-order valence-corrected chi connectivity index (χ1v) is 7.99. The van der Waals surface area contributed by atoms with E-state index in [2.05, 4.69) is 16.7 Å². The molecule has 1 aliphatic carbocycles. The minimum absolute atomic E-state index is 0.351. The van der Waals surface area contributed by atoms with Crippen molar-refractivity contribution >= 4 is 0 Å². The SMILES string of the molecule is CCCCN(C1CC1)C1(CN)CCN2CCC1C2. The van der Waals surface area contributed by atoms with Gasteiger partial charge in [0, 0.05) is 24.7 Å². The van der Waals surface area contributed by atoms with Crippen LogP contribution in [-0.2, 0) is 0 Å². The summed E-state index contributed by atoms with van der Waals surface area (Å²) >= 11 is 0. The molecule has 1 saturated carbocycles. The summed E-state index contributed by atoms with van der Waals surface area (Å²) in [6.07, 6.45) is 8.18. The van der Waals surface area contributed by atoms with Crippen LogP contribution in [0.4, 0.5) is 0 Å². The summed E-state index contributed by atoms with van der Waals surface area (Å²) in [5, 5.41) is 0. The number of unbranched alkanes of at least 4 members (excludes halogenated alkanes) is 1. The molecule has 3 nitrogen and oxygen atoms in total. The molecule has 0 aromatic carbocycles. The summed E-state index contributed by atoms with van der Waals surface area (Å²) in [4.78, 5) is 5.49. The molecule has 104 valence electrons. The number of nitrogens with two attached hydrogens (primary N) is 1. The van der Waals surface area contributed by atoms with Gasteiger partial charge in [0.25, 0.3) is 0 Å². The van der Waals surface area contributed by atoms with Gasteiger partial charge in [-0.2, -0.15) is 0 Å². The van der Waals surface area contributed by atoms with E-state index in [4.69, 9.17) is 5.73 Å². The van der Waals surface area contributed by atoms with E-state index in [9.17, 15) is 0 Å². The largest absolute Gasteiger partial charge is 0.329 e. The average molecular weight is 251 g/mol. The second-order valence-electron chi connectivity index (χ2n) is 6.62. The summed E-state index contributed by atoms with van der Waals surface area (Å²) in [5.74, 6) is 0.841. The van der Waals surface area contributed by atoms with Crippen LogP contribution in [0.15, 0.2) is 0 Å². The molecular weight excluding hydrogens is 222 g/mol. The Kier molecular flexibility index (Phi) is 3.65. The summed E-state index contributed by atoms with van der Waals surface area (Å²) in [7, 11) is 0. The van der Waals surface area contributed by atoms with Gasteiger partial charge in [0.1, 0.15) is 0 Å². The number of hydrogen-bond acceptors (Lipinski definition) is 3. The first-order chi connectivity index (χ1) is 8.80. The molecule has 3 rings (SSSR count). The lowest BCUT2D eigenvalue weighted by Crippen LogP contribution is -2.63. The van der Waals surface area contributed by atoms with Crippen LogP contribution in [0.5, 0.6) is 0 Å². The highest BCUT2D eigenvalue weighted by molar-refractivity contribution is 5.08. The molecule has 0 aromatic heterocycles. The fourth-order valence-corrected chi connectivity index (χ4v) is 4.28. The van der Waals surface area contributed by atoms with Crippen molar-refractivity contribution in [1.82, 2.24) is 9.80 Å². The molecule has 3 fully saturated rings. The molecule has 2 aliphatic heterocycles. The van der Waals surface area contributed by atoms with E-state index < -0.39 is 0 Å². The molecule has 3 atom stereocenters. The smallest absolute Gasteiger partial charge is 0.0387 e. The number of piperidine rings is 1. The molecule has 2 saturated heterocycles. The third-order valence-electron chi connectivity index (χ3n) is 5.56. The van der Waals surface area contributed by atoms with Gasteiger partial charge in [-0.25, -0.2) is 0 Å². The Bertz CT molecular complexity index is 289. The predicted molar refractivity (Wildman–Crippen MR) is 75.6 cm³/mol. The standard InChI is InChI=1S/C15H29N3/c1-2-3-8-18(14-4-5-14)15(12-16)7-10-17-9-6-13(15)11-17/h13-14H,2-12,16H2,1H3. The van der Waals surface area contributed by atoms with Crippen LogP contribution in [0, 0.1) is 5.92 Å². The Labute approximate surface area is 112 Å². The Morgan fingerprint density at radius 3 is 2.78 bits per heavy atom. The van der Waals surface area contributed by atoms with Crippen molar-refractivity contribution < 1.29 is 0 Å². The molecule has 3 unspecified atom stereocenters. The van der Waals surface area contributed by atoms with Crippen LogP contribution in [0.2, 0.25) is 0 Å². The molecule has 3 heteroatoms. The van der Waals surface area contributed by atoms with Gasteiger partial charge in [0.05, 0.1) is 0 Å². The maximum absolute atomic E-state index is 6.30. The van der Waals surface area contributed by atoms with Crippen LogP contribution < -0.4 is 5.73 Å². The number of hydrogen-bond donors (Lipinski definition) is 1. The highest BCUT2D eigenvalue weighted by Gasteiger charge is 2.51. The van der Waals surface area contributed by atoms with E-state index in [1.807, 2.05) is 0 Å². The van der Waals surface area contributed by atoms with Gasteiger partial charge in [-0.1, -0.05) is 13.3 Å². The maximum Gasteiger partial charge on any atom is 0.0387 e. The lowest BCUT2D eigenvalue weighted by atomic mass is 9.77. The molecule has 0 radical (unpaired) electrons. The molecule has 0 aromatic rings. The molecule has 18 heavy (non-hydrogen) atoms. The van der Waals surface area contributed by atoms with E-state index in [-0.39, 0.29) is 0 Å². The summed E-state index contributed by atoms with van der Waals surface area (Å²) < 4.78 is 0. The van der Waals surface area contributed by atoms with Gasteiger partial charge in [-0.05, 0) is 57.7 Å². The Morgan fingerprint density at radius 2 is 2.11 bits per heavy atom. The van der Waals surface area contributed by atoms with E-state index in [0.717, 1.165) is 18.5 Å². The van der Waals surface area contributed by atoms with Gasteiger partial charge < -0.3 is 10.6 Å². The highest BCUT2D eigenvalue weighted by Crippen LogP contribution is 2.44. The number of fused-ring (bicyclic) bond motifs is 2. The minimum Gasteiger partial charge on any atom is -0.329 e. The third-order valence-corrected chi connectivity index (χ3v) is 5.56. The quantitative estimate of drug-likeness (QED) is 0.779. The van der Waals surface area contributed by atoms with Crippen molar-refractivity contribution in [2.24, 2.45) is 11.7 Å². The van der Waals surface area contributed by atoms with Gasteiger partial charge in [-0.3, -0.25) is 4.90 Å². The molecule has 2 bridgehead atoms. The van der Waals surface area contributed by atoms with Crippen LogP contribution in [0.3, 0.4) is 0 Å². The molecular formula is C15H29N3. The van der Waals surface area contributed by atoms with Gasteiger partial charge in [-0.15, -0.1) is 0 Å². The van der Waals surface area contributed by atoms with Crippen molar-refractivity contribution in [3.63, 3.8) is 0 Å². The average Bonchev–Trinajstić information content (AvgIpc) is 3.16. The molecule has 0 spiro atoms. The summed E-state index contributed by atoms with van der Waals surface area (Å²) in [5.41, 5.74) is 6.65. The highest BCUT2D eigenvalue weighted by atomic mass is 15.3.